The minimum Gasteiger partial charge on any atom is -0.272 e. The summed E-state index contributed by atoms with van der Waals surface area (Å²) in [4.78, 5) is 11.3. The maximum atomic E-state index is 11.5. The Morgan fingerprint density at radius 2 is 2.08 bits per heavy atom. The summed E-state index contributed by atoms with van der Waals surface area (Å²) in [5.41, 5.74) is 0. The van der Waals surface area contributed by atoms with Crippen LogP contribution in [0.1, 0.15) is 13.8 Å². The fourth-order valence-electron chi connectivity index (χ4n) is 1.07. The molecule has 1 aliphatic rings. The van der Waals surface area contributed by atoms with Crippen LogP contribution in [-0.2, 0) is 14.8 Å². The molecular formula is C7H10BrNO3S. The Labute approximate surface area is 85.8 Å². The second-order valence-electron chi connectivity index (χ2n) is 3.34. The molecule has 0 unspecified atom stereocenters. The van der Waals surface area contributed by atoms with Crippen molar-refractivity contribution < 1.29 is 13.2 Å². The van der Waals surface area contributed by atoms with E-state index in [1.807, 2.05) is 0 Å². The third-order valence-electron chi connectivity index (χ3n) is 1.99. The van der Waals surface area contributed by atoms with E-state index in [1.54, 1.807) is 0 Å². The Morgan fingerprint density at radius 1 is 1.62 bits per heavy atom. The molecule has 0 saturated carbocycles. The fraction of sp³-hybridized carbons (Fsp3) is 0.571. The molecule has 0 N–H and O–H groups in total. The molecule has 1 saturated heterocycles. The molecule has 0 aromatic heterocycles. The molecule has 1 fully saturated rings. The van der Waals surface area contributed by atoms with E-state index < -0.39 is 14.8 Å². The van der Waals surface area contributed by atoms with Crippen LogP contribution in [0.4, 0.5) is 0 Å². The van der Waals surface area contributed by atoms with Gasteiger partial charge >= 0.3 is 0 Å². The Bertz CT molecular complexity index is 371. The van der Waals surface area contributed by atoms with Crippen LogP contribution in [0.2, 0.25) is 0 Å². The highest BCUT2D eigenvalue weighted by Crippen LogP contribution is 2.35. The lowest BCUT2D eigenvalue weighted by atomic mass is 10.2. The molecule has 0 aromatic rings. The maximum Gasteiger partial charge on any atom is 0.259 e. The maximum absolute atomic E-state index is 11.5. The van der Waals surface area contributed by atoms with E-state index in [4.69, 9.17) is 0 Å². The lowest BCUT2D eigenvalue weighted by Crippen LogP contribution is -2.67. The summed E-state index contributed by atoms with van der Waals surface area (Å²) in [6, 6.07) is 0. The van der Waals surface area contributed by atoms with Gasteiger partial charge in [-0.25, -0.2) is 12.7 Å². The van der Waals surface area contributed by atoms with Crippen molar-refractivity contribution in [1.29, 1.82) is 0 Å². The van der Waals surface area contributed by atoms with Crippen LogP contribution in [0.3, 0.4) is 0 Å². The molecule has 0 radical (unpaired) electrons. The molecule has 4 nitrogen and oxygen atoms in total. The molecule has 0 aliphatic carbocycles. The molecule has 0 bridgehead atoms. The average molecular weight is 268 g/mol. The lowest BCUT2D eigenvalue weighted by Gasteiger charge is -2.42. The largest absolute Gasteiger partial charge is 0.272 e. The molecule has 1 aliphatic heterocycles. The van der Waals surface area contributed by atoms with Gasteiger partial charge in [-0.3, -0.25) is 4.79 Å². The standard InChI is InChI=1S/C7H10BrNO3S/c1-5(8)4-9-6(10)7(2,3)13(9,11)12/h1,4H2,2-3H3. The number of halogens is 1. The van der Waals surface area contributed by atoms with Gasteiger partial charge in [-0.2, -0.15) is 0 Å². The van der Waals surface area contributed by atoms with Crippen LogP contribution in [0.25, 0.3) is 0 Å². The Kier molecular flexibility index (Phi) is 2.32. The van der Waals surface area contributed by atoms with Gasteiger partial charge in [-0.05, 0) is 13.8 Å². The van der Waals surface area contributed by atoms with E-state index in [9.17, 15) is 13.2 Å². The molecule has 0 spiro atoms. The molecule has 6 heteroatoms. The van der Waals surface area contributed by atoms with Gasteiger partial charge in [0, 0.05) is 4.48 Å². The van der Waals surface area contributed by atoms with Crippen molar-refractivity contribution >= 4 is 31.9 Å². The quantitative estimate of drug-likeness (QED) is 0.746. The minimum absolute atomic E-state index is 0.0184. The SMILES string of the molecule is C=C(Br)CN1C(=O)C(C)(C)S1(=O)=O. The Morgan fingerprint density at radius 3 is 2.38 bits per heavy atom. The van der Waals surface area contributed by atoms with Crippen molar-refractivity contribution in [3.8, 4) is 0 Å². The number of carbonyl (C=O) groups excluding carboxylic acids is 1. The minimum atomic E-state index is -3.45. The molecule has 1 rings (SSSR count). The monoisotopic (exact) mass is 267 g/mol. The van der Waals surface area contributed by atoms with Gasteiger partial charge in [0.1, 0.15) is 0 Å². The number of nitrogens with zero attached hydrogens (tertiary/aromatic N) is 1. The molecular weight excluding hydrogens is 258 g/mol. The summed E-state index contributed by atoms with van der Waals surface area (Å²) in [6.07, 6.45) is 0. The third-order valence-corrected chi connectivity index (χ3v) is 4.58. The number of amides is 1. The Hall–Kier alpha value is -0.360. The summed E-state index contributed by atoms with van der Waals surface area (Å²) < 4.78 is 22.9. The first-order valence-corrected chi connectivity index (χ1v) is 5.84. The number of rotatable bonds is 2. The van der Waals surface area contributed by atoms with Crippen LogP contribution < -0.4 is 0 Å². The van der Waals surface area contributed by atoms with E-state index in [1.165, 1.54) is 13.8 Å². The van der Waals surface area contributed by atoms with Crippen LogP contribution in [-0.4, -0.2) is 29.9 Å². The van der Waals surface area contributed by atoms with E-state index in [0.717, 1.165) is 4.31 Å². The number of hydrogen-bond acceptors (Lipinski definition) is 3. The van der Waals surface area contributed by atoms with Gasteiger partial charge in [0.05, 0.1) is 6.54 Å². The first-order chi connectivity index (χ1) is 5.71. The van der Waals surface area contributed by atoms with Gasteiger partial charge < -0.3 is 0 Å². The van der Waals surface area contributed by atoms with Gasteiger partial charge in [0.15, 0.2) is 4.75 Å². The molecule has 74 valence electrons. The first-order valence-electron chi connectivity index (χ1n) is 3.61. The van der Waals surface area contributed by atoms with Crippen LogP contribution in [0.15, 0.2) is 11.1 Å². The van der Waals surface area contributed by atoms with Gasteiger partial charge in [-0.1, -0.05) is 22.5 Å². The summed E-state index contributed by atoms with van der Waals surface area (Å²) in [7, 11) is -3.45. The predicted molar refractivity (Wildman–Crippen MR) is 52.8 cm³/mol. The fourth-order valence-corrected chi connectivity index (χ4v) is 3.01. The molecule has 0 atom stereocenters. The zero-order valence-corrected chi connectivity index (χ0v) is 9.77. The van der Waals surface area contributed by atoms with Crippen molar-refractivity contribution in [3.05, 3.63) is 11.1 Å². The summed E-state index contributed by atoms with van der Waals surface area (Å²) in [6.45, 7) is 6.30. The van der Waals surface area contributed by atoms with E-state index in [2.05, 4.69) is 22.5 Å². The summed E-state index contributed by atoms with van der Waals surface area (Å²) in [5.74, 6) is -0.381. The highest BCUT2D eigenvalue weighted by atomic mass is 79.9. The second-order valence-corrected chi connectivity index (χ2v) is 6.88. The van der Waals surface area contributed by atoms with E-state index in [0.29, 0.717) is 4.48 Å². The normalized spacial score (nSPS) is 23.9. The van der Waals surface area contributed by atoms with Crippen molar-refractivity contribution in [2.24, 2.45) is 0 Å². The van der Waals surface area contributed by atoms with E-state index >= 15 is 0 Å². The summed E-state index contributed by atoms with van der Waals surface area (Å²) in [5, 5.41) is 0. The number of sulfonamides is 1. The highest BCUT2D eigenvalue weighted by molar-refractivity contribution is 9.11. The topological polar surface area (TPSA) is 54.5 Å². The highest BCUT2D eigenvalue weighted by Gasteiger charge is 2.59. The predicted octanol–water partition coefficient (Wildman–Crippen LogP) is 0.846. The van der Waals surface area contributed by atoms with Crippen LogP contribution >= 0.6 is 15.9 Å². The zero-order valence-electron chi connectivity index (χ0n) is 7.37. The third kappa shape index (κ3) is 1.32. The van der Waals surface area contributed by atoms with E-state index in [-0.39, 0.29) is 12.5 Å². The van der Waals surface area contributed by atoms with Gasteiger partial charge in [0.25, 0.3) is 15.9 Å². The van der Waals surface area contributed by atoms with Crippen LogP contribution in [0, 0.1) is 0 Å². The Balaban J connectivity index is 2.96. The average Bonchev–Trinajstić information content (AvgIpc) is 1.98. The molecule has 1 heterocycles. The molecule has 0 aromatic carbocycles. The summed E-state index contributed by atoms with van der Waals surface area (Å²) >= 11 is 3.01. The lowest BCUT2D eigenvalue weighted by molar-refractivity contribution is -0.131. The molecule has 13 heavy (non-hydrogen) atoms. The molecule has 1 amide bonds. The van der Waals surface area contributed by atoms with Crippen LogP contribution in [0.5, 0.6) is 0 Å². The second kappa shape index (κ2) is 2.81. The van der Waals surface area contributed by atoms with Crippen molar-refractivity contribution in [3.63, 3.8) is 0 Å². The number of hydrogen-bond donors (Lipinski definition) is 0. The van der Waals surface area contributed by atoms with Gasteiger partial charge in [0.2, 0.25) is 0 Å². The van der Waals surface area contributed by atoms with Crippen molar-refractivity contribution in [1.82, 2.24) is 4.31 Å². The van der Waals surface area contributed by atoms with Gasteiger partial charge in [-0.15, -0.1) is 0 Å². The zero-order chi connectivity index (χ0) is 10.4. The number of carbonyl (C=O) groups is 1. The van der Waals surface area contributed by atoms with Crippen molar-refractivity contribution in [2.75, 3.05) is 6.54 Å². The van der Waals surface area contributed by atoms with Crippen molar-refractivity contribution in [2.45, 2.75) is 18.6 Å². The smallest absolute Gasteiger partial charge is 0.259 e. The first kappa shape index (κ1) is 10.7.